The molecule has 1 aliphatic rings. The molecule has 0 saturated carbocycles. The van der Waals surface area contributed by atoms with Crippen LogP contribution in [0.15, 0.2) is 22.7 Å². The van der Waals surface area contributed by atoms with E-state index in [4.69, 9.17) is 11.6 Å². The van der Waals surface area contributed by atoms with Gasteiger partial charge in [-0.2, -0.15) is 0 Å². The largest absolute Gasteiger partial charge is 0.310 e. The second kappa shape index (κ2) is 4.65. The number of rotatable bonds is 1. The van der Waals surface area contributed by atoms with Crippen molar-refractivity contribution >= 4 is 27.5 Å². The first-order valence-electron chi connectivity index (χ1n) is 4.96. The molecular formula is C11H13BrClN. The zero-order chi connectivity index (χ0) is 9.97. The number of halogens is 2. The smallest absolute Gasteiger partial charge is 0.0548 e. The maximum atomic E-state index is 5.95. The van der Waals surface area contributed by atoms with E-state index in [0.29, 0.717) is 6.04 Å². The van der Waals surface area contributed by atoms with Crippen LogP contribution in [-0.4, -0.2) is 6.54 Å². The minimum absolute atomic E-state index is 0.511. The lowest BCUT2D eigenvalue weighted by molar-refractivity contribution is 0.412. The molecule has 0 bridgehead atoms. The van der Waals surface area contributed by atoms with Crippen molar-refractivity contribution in [3.8, 4) is 0 Å². The number of benzene rings is 1. The van der Waals surface area contributed by atoms with E-state index in [2.05, 4.69) is 33.4 Å². The summed E-state index contributed by atoms with van der Waals surface area (Å²) in [6.45, 7) is 1.13. The van der Waals surface area contributed by atoms with Gasteiger partial charge in [0.25, 0.3) is 0 Å². The van der Waals surface area contributed by atoms with Crippen LogP contribution >= 0.6 is 27.5 Å². The van der Waals surface area contributed by atoms with E-state index in [1.807, 2.05) is 6.07 Å². The van der Waals surface area contributed by atoms with Crippen LogP contribution in [0.25, 0.3) is 0 Å². The van der Waals surface area contributed by atoms with Gasteiger partial charge in [0, 0.05) is 10.5 Å². The van der Waals surface area contributed by atoms with Crippen molar-refractivity contribution in [3.05, 3.63) is 33.3 Å². The molecule has 14 heavy (non-hydrogen) atoms. The maximum absolute atomic E-state index is 5.95. The Bertz CT molecular complexity index is 321. The predicted octanol–water partition coefficient (Wildman–Crippen LogP) is 3.92. The van der Waals surface area contributed by atoms with Crippen molar-refractivity contribution in [2.75, 3.05) is 6.54 Å². The van der Waals surface area contributed by atoms with Crippen LogP contribution < -0.4 is 5.32 Å². The number of hydrogen-bond donors (Lipinski definition) is 1. The molecule has 1 aliphatic heterocycles. The highest BCUT2D eigenvalue weighted by molar-refractivity contribution is 9.10. The molecule has 1 heterocycles. The summed E-state index contributed by atoms with van der Waals surface area (Å²) in [7, 11) is 0. The van der Waals surface area contributed by atoms with Crippen molar-refractivity contribution in [1.29, 1.82) is 0 Å². The van der Waals surface area contributed by atoms with Crippen LogP contribution in [0.5, 0.6) is 0 Å². The molecule has 1 fully saturated rings. The number of piperidine rings is 1. The Labute approximate surface area is 98.0 Å². The van der Waals surface area contributed by atoms with E-state index in [-0.39, 0.29) is 0 Å². The molecule has 0 amide bonds. The molecule has 3 heteroatoms. The zero-order valence-corrected chi connectivity index (χ0v) is 10.2. The summed E-state index contributed by atoms with van der Waals surface area (Å²) in [5.74, 6) is 0. The summed E-state index contributed by atoms with van der Waals surface area (Å²) in [6.07, 6.45) is 3.84. The Morgan fingerprint density at radius 3 is 2.86 bits per heavy atom. The highest BCUT2D eigenvalue weighted by atomic mass is 79.9. The van der Waals surface area contributed by atoms with Gasteiger partial charge in [0.05, 0.1) is 5.02 Å². The molecule has 1 aromatic rings. The lowest BCUT2D eigenvalue weighted by Gasteiger charge is -2.24. The zero-order valence-electron chi connectivity index (χ0n) is 7.89. The molecule has 1 N–H and O–H groups in total. The van der Waals surface area contributed by atoms with Crippen LogP contribution in [0.3, 0.4) is 0 Å². The van der Waals surface area contributed by atoms with Crippen molar-refractivity contribution in [2.45, 2.75) is 25.3 Å². The first kappa shape index (κ1) is 10.5. The topological polar surface area (TPSA) is 12.0 Å². The molecule has 1 atom stereocenters. The van der Waals surface area contributed by atoms with Crippen molar-refractivity contribution in [1.82, 2.24) is 5.32 Å². The van der Waals surface area contributed by atoms with E-state index in [1.54, 1.807) is 0 Å². The van der Waals surface area contributed by atoms with Gasteiger partial charge in [-0.1, -0.05) is 24.1 Å². The van der Waals surface area contributed by atoms with Crippen LogP contribution in [0.4, 0.5) is 0 Å². The lowest BCUT2D eigenvalue weighted by Crippen LogP contribution is -2.26. The molecular weight excluding hydrogens is 261 g/mol. The molecule has 1 aromatic carbocycles. The van der Waals surface area contributed by atoms with E-state index >= 15 is 0 Å². The Balaban J connectivity index is 2.18. The van der Waals surface area contributed by atoms with E-state index in [1.165, 1.54) is 24.8 Å². The minimum Gasteiger partial charge on any atom is -0.310 e. The van der Waals surface area contributed by atoms with Gasteiger partial charge in [-0.15, -0.1) is 0 Å². The highest BCUT2D eigenvalue weighted by Gasteiger charge is 2.14. The van der Waals surface area contributed by atoms with Gasteiger partial charge in [-0.25, -0.2) is 0 Å². The second-order valence-corrected chi connectivity index (χ2v) is 4.94. The average molecular weight is 275 g/mol. The first-order valence-corrected chi connectivity index (χ1v) is 6.13. The summed E-state index contributed by atoms with van der Waals surface area (Å²) < 4.78 is 0.990. The SMILES string of the molecule is Clc1ccc(C2CCCCN2)cc1Br. The fourth-order valence-electron chi connectivity index (χ4n) is 1.87. The maximum Gasteiger partial charge on any atom is 0.0548 e. The number of nitrogens with one attached hydrogen (secondary N) is 1. The van der Waals surface area contributed by atoms with Gasteiger partial charge in [0.1, 0.15) is 0 Å². The fourth-order valence-corrected chi connectivity index (χ4v) is 2.38. The lowest BCUT2D eigenvalue weighted by atomic mass is 9.98. The molecule has 0 aliphatic carbocycles. The standard InChI is InChI=1S/C11H13BrClN/c12-9-7-8(4-5-10(9)13)11-3-1-2-6-14-11/h4-5,7,11,14H,1-3,6H2. The normalized spacial score (nSPS) is 22.3. The average Bonchev–Trinajstić information content (AvgIpc) is 2.23. The van der Waals surface area contributed by atoms with Crippen LogP contribution in [0.2, 0.25) is 5.02 Å². The third kappa shape index (κ3) is 2.30. The fraction of sp³-hybridized carbons (Fsp3) is 0.455. The van der Waals surface area contributed by atoms with Crippen LogP contribution in [0.1, 0.15) is 30.9 Å². The minimum atomic E-state index is 0.511. The van der Waals surface area contributed by atoms with E-state index in [0.717, 1.165) is 16.0 Å². The molecule has 1 unspecified atom stereocenters. The van der Waals surface area contributed by atoms with Gasteiger partial charge in [-0.05, 0) is 53.0 Å². The molecule has 76 valence electrons. The second-order valence-electron chi connectivity index (χ2n) is 3.68. The molecule has 2 rings (SSSR count). The quantitative estimate of drug-likeness (QED) is 0.818. The Morgan fingerprint density at radius 1 is 1.36 bits per heavy atom. The van der Waals surface area contributed by atoms with Crippen molar-refractivity contribution < 1.29 is 0 Å². The third-order valence-corrected chi connectivity index (χ3v) is 3.87. The molecule has 0 spiro atoms. The summed E-state index contributed by atoms with van der Waals surface area (Å²) in [4.78, 5) is 0. The van der Waals surface area contributed by atoms with Crippen molar-refractivity contribution in [3.63, 3.8) is 0 Å². The highest BCUT2D eigenvalue weighted by Crippen LogP contribution is 2.29. The molecule has 1 saturated heterocycles. The van der Waals surface area contributed by atoms with Gasteiger partial charge in [0.2, 0.25) is 0 Å². The van der Waals surface area contributed by atoms with Gasteiger partial charge < -0.3 is 5.32 Å². The Morgan fingerprint density at radius 2 is 2.21 bits per heavy atom. The van der Waals surface area contributed by atoms with E-state index < -0.39 is 0 Å². The Hall–Kier alpha value is -0.0500. The third-order valence-electron chi connectivity index (χ3n) is 2.66. The van der Waals surface area contributed by atoms with Crippen LogP contribution in [-0.2, 0) is 0 Å². The summed E-state index contributed by atoms with van der Waals surface area (Å²) >= 11 is 9.41. The predicted molar refractivity (Wildman–Crippen MR) is 63.7 cm³/mol. The Kier molecular flexibility index (Phi) is 3.47. The molecule has 1 nitrogen and oxygen atoms in total. The monoisotopic (exact) mass is 273 g/mol. The van der Waals surface area contributed by atoms with E-state index in [9.17, 15) is 0 Å². The summed E-state index contributed by atoms with van der Waals surface area (Å²) in [5, 5.41) is 4.30. The van der Waals surface area contributed by atoms with Gasteiger partial charge in [-0.3, -0.25) is 0 Å². The van der Waals surface area contributed by atoms with Gasteiger partial charge >= 0.3 is 0 Å². The number of hydrogen-bond acceptors (Lipinski definition) is 1. The van der Waals surface area contributed by atoms with Crippen LogP contribution in [0, 0.1) is 0 Å². The van der Waals surface area contributed by atoms with Gasteiger partial charge in [0.15, 0.2) is 0 Å². The summed E-state index contributed by atoms with van der Waals surface area (Å²) in [5.41, 5.74) is 1.33. The summed E-state index contributed by atoms with van der Waals surface area (Å²) in [6, 6.07) is 6.69. The molecule has 0 aromatic heterocycles. The van der Waals surface area contributed by atoms with Crippen molar-refractivity contribution in [2.24, 2.45) is 0 Å². The first-order chi connectivity index (χ1) is 6.77. The molecule has 0 radical (unpaired) electrons.